The molecule has 1 aromatic heterocycles. The standard InChI is InChI=1S/C8H11IN2O/c1-12-6-2-3-11-8(4-6)7(9)5-10-11/h5-6H,2-4H2,1H3. The molecular weight excluding hydrogens is 267 g/mol. The monoisotopic (exact) mass is 278 g/mol. The Bertz CT molecular complexity index is 285. The number of nitrogens with zero attached hydrogens (tertiary/aromatic N) is 2. The van der Waals surface area contributed by atoms with Crippen LogP contribution in [0.5, 0.6) is 0 Å². The van der Waals surface area contributed by atoms with Crippen molar-refractivity contribution in [1.29, 1.82) is 0 Å². The molecule has 0 aliphatic carbocycles. The molecule has 0 saturated carbocycles. The van der Waals surface area contributed by atoms with Crippen LogP contribution in [0.2, 0.25) is 0 Å². The first-order valence-electron chi connectivity index (χ1n) is 4.04. The summed E-state index contributed by atoms with van der Waals surface area (Å²) >= 11 is 2.33. The van der Waals surface area contributed by atoms with Gasteiger partial charge in [-0.1, -0.05) is 0 Å². The fraction of sp³-hybridized carbons (Fsp3) is 0.625. The summed E-state index contributed by atoms with van der Waals surface area (Å²) in [4.78, 5) is 0. The molecule has 0 saturated heterocycles. The van der Waals surface area contributed by atoms with Crippen LogP contribution in [0, 0.1) is 3.57 Å². The lowest BCUT2D eigenvalue weighted by Gasteiger charge is -2.22. The molecule has 66 valence electrons. The molecule has 1 aliphatic heterocycles. The van der Waals surface area contributed by atoms with E-state index in [0.717, 1.165) is 19.4 Å². The average molecular weight is 278 g/mol. The first-order valence-corrected chi connectivity index (χ1v) is 5.12. The third-order valence-electron chi connectivity index (χ3n) is 2.31. The summed E-state index contributed by atoms with van der Waals surface area (Å²) < 4.78 is 8.67. The molecule has 2 heterocycles. The van der Waals surface area contributed by atoms with Crippen molar-refractivity contribution in [3.63, 3.8) is 0 Å². The highest BCUT2D eigenvalue weighted by Crippen LogP contribution is 2.20. The van der Waals surface area contributed by atoms with Crippen LogP contribution in [0.1, 0.15) is 12.1 Å². The summed E-state index contributed by atoms with van der Waals surface area (Å²) in [5.41, 5.74) is 1.33. The summed E-state index contributed by atoms with van der Waals surface area (Å²) in [5, 5.41) is 4.28. The second kappa shape index (κ2) is 3.33. The summed E-state index contributed by atoms with van der Waals surface area (Å²) in [5.74, 6) is 0. The van der Waals surface area contributed by atoms with Crippen molar-refractivity contribution >= 4 is 22.6 Å². The van der Waals surface area contributed by atoms with Gasteiger partial charge in [-0.15, -0.1) is 0 Å². The second-order valence-electron chi connectivity index (χ2n) is 3.01. The van der Waals surface area contributed by atoms with Gasteiger partial charge in [-0.2, -0.15) is 5.10 Å². The predicted octanol–water partition coefficient (Wildman–Crippen LogP) is 1.45. The van der Waals surface area contributed by atoms with Crippen LogP contribution in [0.4, 0.5) is 0 Å². The van der Waals surface area contributed by atoms with Crippen molar-refractivity contribution in [1.82, 2.24) is 9.78 Å². The Hall–Kier alpha value is -0.100. The predicted molar refractivity (Wildman–Crippen MR) is 54.1 cm³/mol. The quantitative estimate of drug-likeness (QED) is 0.727. The largest absolute Gasteiger partial charge is 0.381 e. The van der Waals surface area contributed by atoms with E-state index < -0.39 is 0 Å². The molecule has 0 bridgehead atoms. The van der Waals surface area contributed by atoms with E-state index in [4.69, 9.17) is 4.74 Å². The first-order chi connectivity index (χ1) is 5.81. The molecule has 0 spiro atoms. The molecule has 0 radical (unpaired) electrons. The first kappa shape index (κ1) is 8.50. The minimum absolute atomic E-state index is 0.391. The maximum absolute atomic E-state index is 5.33. The number of fused-ring (bicyclic) bond motifs is 1. The van der Waals surface area contributed by atoms with E-state index >= 15 is 0 Å². The lowest BCUT2D eigenvalue weighted by atomic mass is 10.1. The number of hydrogen-bond donors (Lipinski definition) is 0. The van der Waals surface area contributed by atoms with Gasteiger partial charge in [0.1, 0.15) is 0 Å². The Kier molecular flexibility index (Phi) is 2.36. The van der Waals surface area contributed by atoms with Crippen molar-refractivity contribution < 1.29 is 4.74 Å². The summed E-state index contributed by atoms with van der Waals surface area (Å²) in [6.45, 7) is 0.997. The van der Waals surface area contributed by atoms with Gasteiger partial charge in [0, 0.05) is 20.1 Å². The molecule has 0 aromatic carbocycles. The van der Waals surface area contributed by atoms with Crippen LogP contribution in [0.15, 0.2) is 6.20 Å². The molecule has 12 heavy (non-hydrogen) atoms. The topological polar surface area (TPSA) is 27.1 Å². The Labute approximate surface area is 85.2 Å². The SMILES string of the molecule is COC1CCn2ncc(I)c2C1. The zero-order chi connectivity index (χ0) is 8.55. The molecular formula is C8H11IN2O. The van der Waals surface area contributed by atoms with Gasteiger partial charge in [-0.05, 0) is 29.0 Å². The minimum Gasteiger partial charge on any atom is -0.381 e. The molecule has 0 fully saturated rings. The number of hydrogen-bond acceptors (Lipinski definition) is 2. The molecule has 3 nitrogen and oxygen atoms in total. The number of ether oxygens (including phenoxy) is 1. The van der Waals surface area contributed by atoms with Crippen LogP contribution in [-0.4, -0.2) is 23.0 Å². The Morgan fingerprint density at radius 3 is 3.33 bits per heavy atom. The molecule has 1 unspecified atom stereocenters. The van der Waals surface area contributed by atoms with Gasteiger partial charge >= 0.3 is 0 Å². The van der Waals surface area contributed by atoms with Gasteiger partial charge in [0.05, 0.1) is 21.6 Å². The van der Waals surface area contributed by atoms with Crippen LogP contribution in [-0.2, 0) is 17.7 Å². The molecule has 2 rings (SSSR count). The fourth-order valence-electron chi connectivity index (χ4n) is 1.57. The van der Waals surface area contributed by atoms with Gasteiger partial charge in [0.2, 0.25) is 0 Å². The third kappa shape index (κ3) is 1.37. The van der Waals surface area contributed by atoms with E-state index in [-0.39, 0.29) is 0 Å². The summed E-state index contributed by atoms with van der Waals surface area (Å²) in [7, 11) is 1.78. The van der Waals surface area contributed by atoms with E-state index in [2.05, 4.69) is 32.4 Å². The average Bonchev–Trinajstić information content (AvgIpc) is 2.47. The second-order valence-corrected chi connectivity index (χ2v) is 4.18. The lowest BCUT2D eigenvalue weighted by Crippen LogP contribution is -2.25. The van der Waals surface area contributed by atoms with E-state index in [1.54, 1.807) is 7.11 Å². The maximum Gasteiger partial charge on any atom is 0.0644 e. The van der Waals surface area contributed by atoms with E-state index in [9.17, 15) is 0 Å². The summed E-state index contributed by atoms with van der Waals surface area (Å²) in [6, 6.07) is 0. The zero-order valence-electron chi connectivity index (χ0n) is 6.96. The molecule has 0 N–H and O–H groups in total. The van der Waals surface area contributed by atoms with Gasteiger partial charge in [-0.25, -0.2) is 0 Å². The van der Waals surface area contributed by atoms with Crippen molar-refractivity contribution in [2.75, 3.05) is 7.11 Å². The van der Waals surface area contributed by atoms with Crippen LogP contribution >= 0.6 is 22.6 Å². The molecule has 4 heteroatoms. The minimum atomic E-state index is 0.391. The third-order valence-corrected chi connectivity index (χ3v) is 3.22. The summed E-state index contributed by atoms with van der Waals surface area (Å²) in [6.07, 6.45) is 4.41. The molecule has 1 atom stereocenters. The number of methoxy groups -OCH3 is 1. The maximum atomic E-state index is 5.33. The number of rotatable bonds is 1. The van der Waals surface area contributed by atoms with Crippen molar-refractivity contribution in [3.8, 4) is 0 Å². The van der Waals surface area contributed by atoms with Crippen molar-refractivity contribution in [2.45, 2.75) is 25.5 Å². The highest BCUT2D eigenvalue weighted by atomic mass is 127. The number of aryl methyl sites for hydroxylation is 1. The van der Waals surface area contributed by atoms with Crippen LogP contribution < -0.4 is 0 Å². The smallest absolute Gasteiger partial charge is 0.0644 e. The number of halogens is 1. The number of aromatic nitrogens is 2. The highest BCUT2D eigenvalue weighted by molar-refractivity contribution is 14.1. The Morgan fingerprint density at radius 1 is 1.75 bits per heavy atom. The van der Waals surface area contributed by atoms with Crippen molar-refractivity contribution in [2.24, 2.45) is 0 Å². The van der Waals surface area contributed by atoms with E-state index in [1.165, 1.54) is 9.26 Å². The van der Waals surface area contributed by atoms with Gasteiger partial charge in [0.15, 0.2) is 0 Å². The van der Waals surface area contributed by atoms with E-state index in [1.807, 2.05) is 6.20 Å². The van der Waals surface area contributed by atoms with Crippen LogP contribution in [0.25, 0.3) is 0 Å². The fourth-order valence-corrected chi connectivity index (χ4v) is 2.19. The highest BCUT2D eigenvalue weighted by Gasteiger charge is 2.20. The molecule has 1 aromatic rings. The molecule has 0 amide bonds. The molecule has 1 aliphatic rings. The normalized spacial score (nSPS) is 22.3. The Balaban J connectivity index is 2.26. The van der Waals surface area contributed by atoms with Crippen molar-refractivity contribution in [3.05, 3.63) is 15.5 Å². The lowest BCUT2D eigenvalue weighted by molar-refractivity contribution is 0.0785. The van der Waals surface area contributed by atoms with Gasteiger partial charge in [0.25, 0.3) is 0 Å². The Morgan fingerprint density at radius 2 is 2.58 bits per heavy atom. The zero-order valence-corrected chi connectivity index (χ0v) is 9.11. The van der Waals surface area contributed by atoms with Crippen LogP contribution in [0.3, 0.4) is 0 Å². The van der Waals surface area contributed by atoms with Gasteiger partial charge in [-0.3, -0.25) is 4.68 Å². The van der Waals surface area contributed by atoms with E-state index in [0.29, 0.717) is 6.10 Å². The van der Waals surface area contributed by atoms with Gasteiger partial charge < -0.3 is 4.74 Å².